The molecular formula is C12H15BrFN. The number of rotatable bonds is 1. The van der Waals surface area contributed by atoms with Gasteiger partial charge < -0.3 is 0 Å². The van der Waals surface area contributed by atoms with Gasteiger partial charge in [0.15, 0.2) is 0 Å². The Morgan fingerprint density at radius 3 is 2.47 bits per heavy atom. The smallest absolute Gasteiger partial charge is 0.145 e. The van der Waals surface area contributed by atoms with Crippen molar-refractivity contribution in [2.75, 3.05) is 0 Å². The van der Waals surface area contributed by atoms with Crippen LogP contribution in [-0.2, 0) is 5.41 Å². The Kier molecular flexibility index (Phi) is 2.61. The van der Waals surface area contributed by atoms with Crippen molar-refractivity contribution in [2.45, 2.75) is 44.9 Å². The molecule has 1 aromatic rings. The lowest BCUT2D eigenvalue weighted by Gasteiger charge is -2.19. The quantitative estimate of drug-likeness (QED) is 0.699. The highest BCUT2D eigenvalue weighted by atomic mass is 79.9. The van der Waals surface area contributed by atoms with Crippen LogP contribution in [-0.4, -0.2) is 4.98 Å². The zero-order valence-electron chi connectivity index (χ0n) is 9.27. The van der Waals surface area contributed by atoms with E-state index >= 15 is 0 Å². The molecule has 3 heteroatoms. The molecule has 2 rings (SSSR count). The van der Waals surface area contributed by atoms with Crippen molar-refractivity contribution in [1.82, 2.24) is 4.98 Å². The maximum Gasteiger partial charge on any atom is 0.145 e. The first-order valence-corrected chi connectivity index (χ1v) is 6.05. The minimum absolute atomic E-state index is 0.174. The Morgan fingerprint density at radius 2 is 2.00 bits per heavy atom. The molecule has 1 nitrogen and oxygen atoms in total. The fourth-order valence-corrected chi connectivity index (χ4v) is 2.30. The SMILES string of the molecule is CC(C)(C)c1nc(Br)c(C2CC2)cc1F. The molecule has 1 aliphatic carbocycles. The summed E-state index contributed by atoms with van der Waals surface area (Å²) in [5.41, 5.74) is 1.33. The van der Waals surface area contributed by atoms with Crippen LogP contribution >= 0.6 is 15.9 Å². The lowest BCUT2D eigenvalue weighted by Crippen LogP contribution is -2.16. The standard InChI is InChI=1S/C12H15BrFN/c1-12(2,3)10-9(14)6-8(7-4-5-7)11(13)15-10/h6-7H,4-5H2,1-3H3. The van der Waals surface area contributed by atoms with Gasteiger partial charge in [0, 0.05) is 5.41 Å². The topological polar surface area (TPSA) is 12.9 Å². The first kappa shape index (κ1) is 11.1. The molecule has 1 aliphatic rings. The van der Waals surface area contributed by atoms with Crippen LogP contribution in [0.25, 0.3) is 0 Å². The molecular weight excluding hydrogens is 257 g/mol. The maximum absolute atomic E-state index is 13.8. The van der Waals surface area contributed by atoms with Gasteiger partial charge in [-0.15, -0.1) is 0 Å². The zero-order valence-corrected chi connectivity index (χ0v) is 10.9. The van der Waals surface area contributed by atoms with Gasteiger partial charge in [-0.25, -0.2) is 9.37 Å². The third kappa shape index (κ3) is 2.22. The van der Waals surface area contributed by atoms with Gasteiger partial charge in [0.1, 0.15) is 10.4 Å². The Balaban J connectivity index is 2.47. The lowest BCUT2D eigenvalue weighted by atomic mass is 9.91. The van der Waals surface area contributed by atoms with Crippen LogP contribution in [0, 0.1) is 5.82 Å². The maximum atomic E-state index is 13.8. The van der Waals surface area contributed by atoms with Crippen molar-refractivity contribution in [3.8, 4) is 0 Å². The predicted octanol–water partition coefficient (Wildman–Crippen LogP) is 4.16. The second-order valence-corrected chi connectivity index (χ2v) is 5.97. The molecule has 1 saturated carbocycles. The molecule has 0 N–H and O–H groups in total. The first-order chi connectivity index (χ1) is 6.89. The van der Waals surface area contributed by atoms with E-state index in [2.05, 4.69) is 20.9 Å². The summed E-state index contributed by atoms with van der Waals surface area (Å²) in [5.74, 6) is 0.350. The van der Waals surface area contributed by atoms with Crippen molar-refractivity contribution in [3.05, 3.63) is 27.7 Å². The van der Waals surface area contributed by atoms with Gasteiger partial charge in [0.2, 0.25) is 0 Å². The van der Waals surface area contributed by atoms with Crippen molar-refractivity contribution in [3.63, 3.8) is 0 Å². The van der Waals surface area contributed by atoms with Gasteiger partial charge in [-0.05, 0) is 46.3 Å². The summed E-state index contributed by atoms with van der Waals surface area (Å²) >= 11 is 3.44. The molecule has 1 heterocycles. The molecule has 0 atom stereocenters. The molecule has 82 valence electrons. The Hall–Kier alpha value is -0.440. The Labute approximate surface area is 98.2 Å². The van der Waals surface area contributed by atoms with E-state index in [0.717, 1.165) is 23.0 Å². The zero-order chi connectivity index (χ0) is 11.2. The molecule has 0 saturated heterocycles. The summed E-state index contributed by atoms with van der Waals surface area (Å²) in [4.78, 5) is 4.35. The summed E-state index contributed by atoms with van der Waals surface area (Å²) in [7, 11) is 0. The molecule has 0 aromatic carbocycles. The molecule has 1 fully saturated rings. The van der Waals surface area contributed by atoms with E-state index in [1.165, 1.54) is 0 Å². The van der Waals surface area contributed by atoms with E-state index in [1.54, 1.807) is 6.07 Å². The summed E-state index contributed by atoms with van der Waals surface area (Å²) in [6.07, 6.45) is 2.32. The van der Waals surface area contributed by atoms with Crippen molar-refractivity contribution in [1.29, 1.82) is 0 Å². The number of hydrogen-bond acceptors (Lipinski definition) is 1. The second-order valence-electron chi connectivity index (χ2n) is 5.22. The van der Waals surface area contributed by atoms with Crippen molar-refractivity contribution in [2.24, 2.45) is 0 Å². The van der Waals surface area contributed by atoms with Crippen LogP contribution in [0.2, 0.25) is 0 Å². The number of hydrogen-bond donors (Lipinski definition) is 0. The minimum atomic E-state index is -0.241. The van der Waals surface area contributed by atoms with E-state index in [4.69, 9.17) is 0 Å². The molecule has 0 spiro atoms. The second kappa shape index (κ2) is 3.55. The lowest BCUT2D eigenvalue weighted by molar-refractivity contribution is 0.499. The van der Waals surface area contributed by atoms with Gasteiger partial charge in [0.25, 0.3) is 0 Å². The summed E-state index contributed by atoms with van der Waals surface area (Å²) in [6, 6.07) is 1.65. The van der Waals surface area contributed by atoms with Gasteiger partial charge in [-0.3, -0.25) is 0 Å². The van der Waals surface area contributed by atoms with Crippen LogP contribution in [0.4, 0.5) is 4.39 Å². The van der Waals surface area contributed by atoms with Gasteiger partial charge in [-0.2, -0.15) is 0 Å². The molecule has 0 aliphatic heterocycles. The normalized spacial score (nSPS) is 16.9. The van der Waals surface area contributed by atoms with Gasteiger partial charge in [0.05, 0.1) is 5.69 Å². The average molecular weight is 272 g/mol. The number of nitrogens with zero attached hydrogens (tertiary/aromatic N) is 1. The van der Waals surface area contributed by atoms with E-state index in [9.17, 15) is 4.39 Å². The molecule has 0 unspecified atom stereocenters. The van der Waals surface area contributed by atoms with Crippen LogP contribution < -0.4 is 0 Å². The molecule has 0 bridgehead atoms. The number of pyridine rings is 1. The number of aromatic nitrogens is 1. The molecule has 1 aromatic heterocycles. The third-order valence-electron chi connectivity index (χ3n) is 2.68. The Morgan fingerprint density at radius 1 is 1.40 bits per heavy atom. The average Bonchev–Trinajstić information content (AvgIpc) is 2.89. The van der Waals surface area contributed by atoms with E-state index in [0.29, 0.717) is 11.6 Å². The molecule has 15 heavy (non-hydrogen) atoms. The summed E-state index contributed by atoms with van der Waals surface area (Å²) < 4.78 is 14.6. The van der Waals surface area contributed by atoms with Crippen LogP contribution in [0.5, 0.6) is 0 Å². The van der Waals surface area contributed by atoms with Crippen molar-refractivity contribution < 1.29 is 4.39 Å². The largest absolute Gasteiger partial charge is 0.242 e. The summed E-state index contributed by atoms with van der Waals surface area (Å²) in [5, 5.41) is 0. The van der Waals surface area contributed by atoms with E-state index in [1.807, 2.05) is 20.8 Å². The van der Waals surface area contributed by atoms with E-state index in [-0.39, 0.29) is 11.2 Å². The van der Waals surface area contributed by atoms with Crippen molar-refractivity contribution >= 4 is 15.9 Å². The summed E-state index contributed by atoms with van der Waals surface area (Å²) in [6.45, 7) is 5.92. The highest BCUT2D eigenvalue weighted by Crippen LogP contribution is 2.43. The van der Waals surface area contributed by atoms with Gasteiger partial charge in [-0.1, -0.05) is 20.8 Å². The van der Waals surface area contributed by atoms with E-state index < -0.39 is 0 Å². The third-order valence-corrected chi connectivity index (χ3v) is 3.32. The van der Waals surface area contributed by atoms with Crippen LogP contribution in [0.15, 0.2) is 10.7 Å². The van der Waals surface area contributed by atoms with Gasteiger partial charge >= 0.3 is 0 Å². The number of halogens is 2. The first-order valence-electron chi connectivity index (χ1n) is 5.26. The predicted molar refractivity (Wildman–Crippen MR) is 62.6 cm³/mol. The van der Waals surface area contributed by atoms with Crippen LogP contribution in [0.3, 0.4) is 0 Å². The minimum Gasteiger partial charge on any atom is -0.242 e. The fraction of sp³-hybridized carbons (Fsp3) is 0.583. The molecule has 0 amide bonds. The van der Waals surface area contributed by atoms with Crippen LogP contribution in [0.1, 0.15) is 50.8 Å². The molecule has 0 radical (unpaired) electrons. The highest BCUT2D eigenvalue weighted by molar-refractivity contribution is 9.10. The highest BCUT2D eigenvalue weighted by Gasteiger charge is 2.29. The fourth-order valence-electron chi connectivity index (χ4n) is 1.69. The monoisotopic (exact) mass is 271 g/mol. The Bertz CT molecular complexity index is 391.